The Hall–Kier alpha value is -2.12. The second-order valence-corrected chi connectivity index (χ2v) is 3.52. The van der Waals surface area contributed by atoms with Crippen LogP contribution in [-0.2, 0) is 0 Å². The first kappa shape index (κ1) is 11.4. The standard InChI is InChI=1S/C9H9ClN6O/c10-6-1-2-7(16-11)15-8(6)9(17)14-5-3-12-13-4-5/h1-4H,11H2,(H,12,13)(H,14,17)(H,15,16). The van der Waals surface area contributed by atoms with Crippen molar-refractivity contribution in [2.24, 2.45) is 5.84 Å². The molecule has 0 atom stereocenters. The molecular formula is C9H9ClN6O. The predicted molar refractivity (Wildman–Crippen MR) is 63.6 cm³/mol. The topological polar surface area (TPSA) is 109 Å². The van der Waals surface area contributed by atoms with Crippen LogP contribution >= 0.6 is 11.6 Å². The van der Waals surface area contributed by atoms with E-state index >= 15 is 0 Å². The van der Waals surface area contributed by atoms with E-state index in [0.29, 0.717) is 11.5 Å². The van der Waals surface area contributed by atoms with Crippen LogP contribution in [0.4, 0.5) is 11.5 Å². The minimum absolute atomic E-state index is 0.0864. The van der Waals surface area contributed by atoms with Crippen LogP contribution in [0.2, 0.25) is 5.02 Å². The SMILES string of the molecule is NNc1ccc(Cl)c(C(=O)Nc2cn[nH]c2)n1. The van der Waals surface area contributed by atoms with Crippen molar-refractivity contribution in [3.8, 4) is 0 Å². The number of pyridine rings is 1. The Kier molecular flexibility index (Phi) is 3.22. The number of hydrogen-bond acceptors (Lipinski definition) is 5. The maximum absolute atomic E-state index is 11.8. The van der Waals surface area contributed by atoms with Gasteiger partial charge in [-0.1, -0.05) is 11.6 Å². The molecule has 0 spiro atoms. The Bertz CT molecular complexity index is 526. The predicted octanol–water partition coefficient (Wildman–Crippen LogP) is 0.996. The van der Waals surface area contributed by atoms with Crippen LogP contribution in [0, 0.1) is 0 Å². The summed E-state index contributed by atoms with van der Waals surface area (Å²) in [7, 11) is 0. The molecule has 0 aliphatic rings. The molecule has 2 rings (SSSR count). The molecule has 0 radical (unpaired) electrons. The Labute approximate surface area is 101 Å². The van der Waals surface area contributed by atoms with Gasteiger partial charge in [-0.25, -0.2) is 10.8 Å². The van der Waals surface area contributed by atoms with Crippen molar-refractivity contribution in [2.45, 2.75) is 0 Å². The number of hydrazine groups is 1. The summed E-state index contributed by atoms with van der Waals surface area (Å²) in [5.74, 6) is 5.12. The monoisotopic (exact) mass is 252 g/mol. The Morgan fingerprint density at radius 2 is 2.29 bits per heavy atom. The third-order valence-electron chi connectivity index (χ3n) is 1.97. The molecule has 0 unspecified atom stereocenters. The lowest BCUT2D eigenvalue weighted by Gasteiger charge is -2.05. The molecular weight excluding hydrogens is 244 g/mol. The summed E-state index contributed by atoms with van der Waals surface area (Å²) in [6, 6.07) is 3.10. The van der Waals surface area contributed by atoms with Crippen LogP contribution in [0.5, 0.6) is 0 Å². The van der Waals surface area contributed by atoms with E-state index in [2.05, 4.69) is 25.9 Å². The number of hydrogen-bond donors (Lipinski definition) is 4. The van der Waals surface area contributed by atoms with E-state index in [1.807, 2.05) is 0 Å². The first-order chi connectivity index (χ1) is 8.20. The number of nitrogens with two attached hydrogens (primary N) is 1. The summed E-state index contributed by atoms with van der Waals surface area (Å²) >= 11 is 5.87. The summed E-state index contributed by atoms with van der Waals surface area (Å²) in [5, 5.41) is 9.10. The summed E-state index contributed by atoms with van der Waals surface area (Å²) < 4.78 is 0. The van der Waals surface area contributed by atoms with Crippen LogP contribution in [0.1, 0.15) is 10.5 Å². The van der Waals surface area contributed by atoms with E-state index in [4.69, 9.17) is 17.4 Å². The maximum Gasteiger partial charge on any atom is 0.275 e. The number of aromatic amines is 1. The van der Waals surface area contributed by atoms with Crippen molar-refractivity contribution in [3.05, 3.63) is 35.2 Å². The third kappa shape index (κ3) is 2.52. The molecule has 8 heteroatoms. The van der Waals surface area contributed by atoms with E-state index in [-0.39, 0.29) is 10.7 Å². The number of rotatable bonds is 3. The van der Waals surface area contributed by atoms with Crippen LogP contribution in [0.25, 0.3) is 0 Å². The number of aromatic nitrogens is 3. The minimum atomic E-state index is -0.437. The van der Waals surface area contributed by atoms with Gasteiger partial charge in [0.05, 0.1) is 16.9 Å². The number of nitrogen functional groups attached to an aromatic ring is 1. The van der Waals surface area contributed by atoms with Crippen LogP contribution in [-0.4, -0.2) is 21.1 Å². The van der Waals surface area contributed by atoms with Gasteiger partial charge in [0.1, 0.15) is 11.5 Å². The van der Waals surface area contributed by atoms with E-state index in [1.165, 1.54) is 18.5 Å². The van der Waals surface area contributed by atoms with Gasteiger partial charge in [0, 0.05) is 6.20 Å². The molecule has 5 N–H and O–H groups in total. The van der Waals surface area contributed by atoms with Gasteiger partial charge in [0.2, 0.25) is 0 Å². The summed E-state index contributed by atoms with van der Waals surface area (Å²) in [4.78, 5) is 15.8. The highest BCUT2D eigenvalue weighted by molar-refractivity contribution is 6.34. The van der Waals surface area contributed by atoms with Crippen molar-refractivity contribution in [2.75, 3.05) is 10.7 Å². The smallest absolute Gasteiger partial charge is 0.275 e. The fourth-order valence-electron chi connectivity index (χ4n) is 1.19. The number of H-pyrrole nitrogens is 1. The molecule has 1 amide bonds. The molecule has 0 fully saturated rings. The first-order valence-corrected chi connectivity index (χ1v) is 5.02. The molecule has 0 saturated carbocycles. The Balaban J connectivity index is 2.24. The number of amides is 1. The lowest BCUT2D eigenvalue weighted by molar-refractivity contribution is 0.102. The van der Waals surface area contributed by atoms with Gasteiger partial charge in [-0.15, -0.1) is 0 Å². The average Bonchev–Trinajstić information content (AvgIpc) is 2.82. The molecule has 0 aliphatic carbocycles. The molecule has 2 aromatic rings. The lowest BCUT2D eigenvalue weighted by atomic mass is 10.3. The van der Waals surface area contributed by atoms with Gasteiger partial charge in [0.25, 0.3) is 5.91 Å². The number of nitrogens with zero attached hydrogens (tertiary/aromatic N) is 2. The van der Waals surface area contributed by atoms with Crippen molar-refractivity contribution in [3.63, 3.8) is 0 Å². The van der Waals surface area contributed by atoms with E-state index in [0.717, 1.165) is 0 Å². The zero-order valence-electron chi connectivity index (χ0n) is 8.57. The van der Waals surface area contributed by atoms with Crippen molar-refractivity contribution >= 4 is 29.0 Å². The Morgan fingerprint density at radius 1 is 1.47 bits per heavy atom. The lowest BCUT2D eigenvalue weighted by Crippen LogP contribution is -2.16. The van der Waals surface area contributed by atoms with E-state index in [1.54, 1.807) is 6.07 Å². The van der Waals surface area contributed by atoms with Gasteiger partial charge in [-0.3, -0.25) is 9.89 Å². The average molecular weight is 253 g/mol. The Morgan fingerprint density at radius 3 is 2.94 bits per heavy atom. The van der Waals surface area contributed by atoms with Gasteiger partial charge in [-0.05, 0) is 12.1 Å². The molecule has 0 aliphatic heterocycles. The number of nitrogens with one attached hydrogen (secondary N) is 3. The second-order valence-electron chi connectivity index (χ2n) is 3.11. The number of carbonyl (C=O) groups excluding carboxylic acids is 1. The number of carbonyl (C=O) groups is 1. The number of anilines is 2. The summed E-state index contributed by atoms with van der Waals surface area (Å²) in [5.41, 5.74) is 2.95. The fourth-order valence-corrected chi connectivity index (χ4v) is 1.38. The molecule has 0 saturated heterocycles. The van der Waals surface area contributed by atoms with Crippen molar-refractivity contribution in [1.82, 2.24) is 15.2 Å². The second kappa shape index (κ2) is 4.81. The van der Waals surface area contributed by atoms with Gasteiger partial charge < -0.3 is 10.7 Å². The molecule has 88 valence electrons. The summed E-state index contributed by atoms with van der Waals surface area (Å²) in [6.07, 6.45) is 3.01. The number of halogens is 1. The molecule has 17 heavy (non-hydrogen) atoms. The maximum atomic E-state index is 11.8. The molecule has 0 aromatic carbocycles. The summed E-state index contributed by atoms with van der Waals surface area (Å²) in [6.45, 7) is 0. The van der Waals surface area contributed by atoms with Crippen molar-refractivity contribution < 1.29 is 4.79 Å². The minimum Gasteiger partial charge on any atom is -0.318 e. The first-order valence-electron chi connectivity index (χ1n) is 4.64. The molecule has 0 bridgehead atoms. The van der Waals surface area contributed by atoms with Gasteiger partial charge >= 0.3 is 0 Å². The molecule has 7 nitrogen and oxygen atoms in total. The highest BCUT2D eigenvalue weighted by Crippen LogP contribution is 2.17. The van der Waals surface area contributed by atoms with Gasteiger partial charge in [-0.2, -0.15) is 5.10 Å². The normalized spacial score (nSPS) is 10.0. The van der Waals surface area contributed by atoms with Crippen LogP contribution < -0.4 is 16.6 Å². The van der Waals surface area contributed by atoms with E-state index in [9.17, 15) is 4.79 Å². The zero-order chi connectivity index (χ0) is 12.3. The zero-order valence-corrected chi connectivity index (χ0v) is 9.32. The molecule has 2 aromatic heterocycles. The van der Waals surface area contributed by atoms with Crippen LogP contribution in [0.15, 0.2) is 24.5 Å². The van der Waals surface area contributed by atoms with E-state index < -0.39 is 5.91 Å². The highest BCUT2D eigenvalue weighted by Gasteiger charge is 2.13. The largest absolute Gasteiger partial charge is 0.318 e. The fraction of sp³-hybridized carbons (Fsp3) is 0. The quantitative estimate of drug-likeness (QED) is 0.481. The van der Waals surface area contributed by atoms with Gasteiger partial charge in [0.15, 0.2) is 0 Å². The third-order valence-corrected chi connectivity index (χ3v) is 2.27. The molecule has 2 heterocycles. The van der Waals surface area contributed by atoms with Crippen molar-refractivity contribution in [1.29, 1.82) is 0 Å². The highest BCUT2D eigenvalue weighted by atomic mass is 35.5. The van der Waals surface area contributed by atoms with Crippen LogP contribution in [0.3, 0.4) is 0 Å².